The molecule has 78 valence electrons. The van der Waals surface area contributed by atoms with Crippen molar-refractivity contribution in [3.05, 3.63) is 22.5 Å². The highest BCUT2D eigenvalue weighted by atomic mass is 32.1. The number of anilines is 1. The maximum absolute atomic E-state index is 5.45. The topological polar surface area (TPSA) is 63.8 Å². The van der Waals surface area contributed by atoms with E-state index in [-0.39, 0.29) is 0 Å². The van der Waals surface area contributed by atoms with Crippen molar-refractivity contribution in [2.75, 3.05) is 5.32 Å². The molecule has 0 amide bonds. The number of aromatic nitrogens is 3. The summed E-state index contributed by atoms with van der Waals surface area (Å²) >= 11 is 1.58. The lowest BCUT2D eigenvalue weighted by atomic mass is 10.4. The van der Waals surface area contributed by atoms with Gasteiger partial charge < -0.3 is 9.73 Å². The Hall–Kier alpha value is -1.43. The molecule has 2 heterocycles. The molecule has 0 saturated heterocycles. The van der Waals surface area contributed by atoms with E-state index in [1.165, 1.54) is 12.8 Å². The summed E-state index contributed by atoms with van der Waals surface area (Å²) in [6.45, 7) is 0.635. The predicted octanol–water partition coefficient (Wildman–Crippen LogP) is 2.02. The zero-order valence-electron chi connectivity index (χ0n) is 8.01. The molecule has 1 aliphatic carbocycles. The summed E-state index contributed by atoms with van der Waals surface area (Å²) < 4.78 is 5.45. The van der Waals surface area contributed by atoms with Crippen LogP contribution in [0.3, 0.4) is 0 Å². The first kappa shape index (κ1) is 8.84. The molecule has 1 aliphatic rings. The van der Waals surface area contributed by atoms with Crippen LogP contribution in [0.25, 0.3) is 0 Å². The quantitative estimate of drug-likeness (QED) is 0.857. The van der Waals surface area contributed by atoms with Crippen molar-refractivity contribution in [2.45, 2.75) is 25.3 Å². The normalized spacial score (nSPS) is 15.5. The molecule has 2 aromatic rings. The summed E-state index contributed by atoms with van der Waals surface area (Å²) in [5.41, 5.74) is 2.80. The standard InChI is InChI=1S/C9H10N4OS/c1-2-6(1)8-12-13-9(14-8)10-3-7-4-15-5-11-7/h4-6H,1-3H2,(H,10,13). The van der Waals surface area contributed by atoms with Crippen molar-refractivity contribution < 1.29 is 4.42 Å². The van der Waals surface area contributed by atoms with Gasteiger partial charge in [0.15, 0.2) is 0 Å². The summed E-state index contributed by atoms with van der Waals surface area (Å²) in [5.74, 6) is 1.27. The van der Waals surface area contributed by atoms with Crippen molar-refractivity contribution in [1.29, 1.82) is 0 Å². The van der Waals surface area contributed by atoms with Crippen LogP contribution < -0.4 is 5.32 Å². The predicted molar refractivity (Wildman–Crippen MR) is 55.7 cm³/mol. The summed E-state index contributed by atoms with van der Waals surface area (Å²) in [4.78, 5) is 4.15. The van der Waals surface area contributed by atoms with Gasteiger partial charge in [0.1, 0.15) is 0 Å². The molecule has 3 rings (SSSR count). The van der Waals surface area contributed by atoms with Gasteiger partial charge in [0, 0.05) is 11.3 Å². The van der Waals surface area contributed by atoms with E-state index in [9.17, 15) is 0 Å². The third kappa shape index (κ3) is 1.99. The van der Waals surface area contributed by atoms with Gasteiger partial charge in [-0.1, -0.05) is 5.10 Å². The number of nitrogens with one attached hydrogen (secondary N) is 1. The fourth-order valence-corrected chi connectivity index (χ4v) is 1.85. The van der Waals surface area contributed by atoms with Crippen LogP contribution >= 0.6 is 11.3 Å². The first-order chi connectivity index (χ1) is 7.42. The van der Waals surface area contributed by atoms with E-state index >= 15 is 0 Å². The van der Waals surface area contributed by atoms with E-state index in [0.717, 1.165) is 11.6 Å². The minimum absolute atomic E-state index is 0.491. The first-order valence-corrected chi connectivity index (χ1v) is 5.80. The molecule has 0 unspecified atom stereocenters. The van der Waals surface area contributed by atoms with Crippen molar-refractivity contribution in [2.24, 2.45) is 0 Å². The van der Waals surface area contributed by atoms with E-state index in [1.807, 2.05) is 5.38 Å². The molecule has 15 heavy (non-hydrogen) atoms. The molecule has 0 aliphatic heterocycles. The van der Waals surface area contributed by atoms with Crippen LogP contribution in [0.15, 0.2) is 15.3 Å². The summed E-state index contributed by atoms with van der Waals surface area (Å²) in [5, 5.41) is 13.0. The molecule has 1 N–H and O–H groups in total. The minimum Gasteiger partial charge on any atom is -0.408 e. The summed E-state index contributed by atoms with van der Waals surface area (Å²) in [6.07, 6.45) is 2.35. The Morgan fingerprint density at radius 3 is 3.13 bits per heavy atom. The van der Waals surface area contributed by atoms with Gasteiger partial charge in [-0.15, -0.1) is 16.4 Å². The molecule has 0 radical (unpaired) electrons. The number of nitrogens with zero attached hydrogens (tertiary/aromatic N) is 3. The Kier molecular flexibility index (Phi) is 2.13. The average Bonchev–Trinajstić information content (AvgIpc) is 2.82. The third-order valence-electron chi connectivity index (χ3n) is 2.27. The first-order valence-electron chi connectivity index (χ1n) is 4.86. The van der Waals surface area contributed by atoms with Crippen LogP contribution in [-0.2, 0) is 6.54 Å². The van der Waals surface area contributed by atoms with Crippen molar-refractivity contribution >= 4 is 17.4 Å². The third-order valence-corrected chi connectivity index (χ3v) is 2.91. The molecule has 1 fully saturated rings. The Labute approximate surface area is 90.6 Å². The van der Waals surface area contributed by atoms with Crippen molar-refractivity contribution in [3.63, 3.8) is 0 Å². The molecule has 0 bridgehead atoms. The van der Waals surface area contributed by atoms with Crippen LogP contribution in [-0.4, -0.2) is 15.2 Å². The van der Waals surface area contributed by atoms with Gasteiger partial charge in [0.25, 0.3) is 0 Å². The SMILES string of the molecule is c1nc(CNc2nnc(C3CC3)o2)cs1. The summed E-state index contributed by atoms with van der Waals surface area (Å²) in [6, 6.07) is 0.491. The molecular formula is C9H10N4OS. The van der Waals surface area contributed by atoms with Crippen LogP contribution in [0.2, 0.25) is 0 Å². The van der Waals surface area contributed by atoms with E-state index in [4.69, 9.17) is 4.42 Å². The number of thiazole rings is 1. The van der Waals surface area contributed by atoms with E-state index in [1.54, 1.807) is 16.8 Å². The van der Waals surface area contributed by atoms with Crippen molar-refractivity contribution in [3.8, 4) is 0 Å². The van der Waals surface area contributed by atoms with Gasteiger partial charge >= 0.3 is 6.01 Å². The largest absolute Gasteiger partial charge is 0.408 e. The zero-order chi connectivity index (χ0) is 10.1. The maximum Gasteiger partial charge on any atom is 0.315 e. The van der Waals surface area contributed by atoms with Crippen LogP contribution in [0, 0.1) is 0 Å². The Bertz CT molecular complexity index is 435. The number of rotatable bonds is 4. The Balaban J connectivity index is 1.61. The molecule has 5 nitrogen and oxygen atoms in total. The smallest absolute Gasteiger partial charge is 0.315 e. The fraction of sp³-hybridized carbons (Fsp3) is 0.444. The maximum atomic E-state index is 5.45. The Morgan fingerprint density at radius 2 is 2.40 bits per heavy atom. The second-order valence-corrected chi connectivity index (χ2v) is 4.27. The molecule has 0 spiro atoms. The number of hydrogen-bond acceptors (Lipinski definition) is 6. The van der Waals surface area contributed by atoms with E-state index in [0.29, 0.717) is 18.5 Å². The number of hydrogen-bond donors (Lipinski definition) is 1. The average molecular weight is 222 g/mol. The highest BCUT2D eigenvalue weighted by molar-refractivity contribution is 7.07. The molecule has 2 aromatic heterocycles. The van der Waals surface area contributed by atoms with Gasteiger partial charge in [-0.3, -0.25) is 0 Å². The summed E-state index contributed by atoms with van der Waals surface area (Å²) in [7, 11) is 0. The van der Waals surface area contributed by atoms with Gasteiger partial charge in [-0.2, -0.15) is 0 Å². The second kappa shape index (κ2) is 3.62. The second-order valence-electron chi connectivity index (χ2n) is 3.55. The monoisotopic (exact) mass is 222 g/mol. The van der Waals surface area contributed by atoms with Crippen LogP contribution in [0.1, 0.15) is 30.3 Å². The van der Waals surface area contributed by atoms with E-state index in [2.05, 4.69) is 20.5 Å². The zero-order valence-corrected chi connectivity index (χ0v) is 8.83. The molecular weight excluding hydrogens is 212 g/mol. The van der Waals surface area contributed by atoms with Crippen molar-refractivity contribution in [1.82, 2.24) is 15.2 Å². The lowest BCUT2D eigenvalue weighted by molar-refractivity contribution is 0.507. The van der Waals surface area contributed by atoms with Gasteiger partial charge in [-0.05, 0) is 12.8 Å². The van der Waals surface area contributed by atoms with Gasteiger partial charge in [0.2, 0.25) is 5.89 Å². The lowest BCUT2D eigenvalue weighted by Gasteiger charge is -1.95. The van der Waals surface area contributed by atoms with Crippen LogP contribution in [0.5, 0.6) is 0 Å². The van der Waals surface area contributed by atoms with Gasteiger partial charge in [0.05, 0.1) is 17.7 Å². The van der Waals surface area contributed by atoms with Gasteiger partial charge in [-0.25, -0.2) is 4.98 Å². The highest BCUT2D eigenvalue weighted by Crippen LogP contribution is 2.39. The van der Waals surface area contributed by atoms with Crippen LogP contribution in [0.4, 0.5) is 6.01 Å². The molecule has 0 atom stereocenters. The molecule has 6 heteroatoms. The fourth-order valence-electron chi connectivity index (χ4n) is 1.29. The lowest BCUT2D eigenvalue weighted by Crippen LogP contribution is -1.99. The highest BCUT2D eigenvalue weighted by Gasteiger charge is 2.29. The van der Waals surface area contributed by atoms with E-state index < -0.39 is 0 Å². The molecule has 0 aromatic carbocycles. The molecule has 1 saturated carbocycles. The minimum atomic E-state index is 0.491. The Morgan fingerprint density at radius 1 is 1.47 bits per heavy atom.